The number of carbonyl (C=O) groups excluding carboxylic acids is 3. The summed E-state index contributed by atoms with van der Waals surface area (Å²) in [6.07, 6.45) is 1.65. The van der Waals surface area contributed by atoms with E-state index < -0.39 is 11.2 Å². The van der Waals surface area contributed by atoms with Crippen molar-refractivity contribution in [3.63, 3.8) is 0 Å². The largest absolute Gasteiger partial charge is 0.321 e. The van der Waals surface area contributed by atoms with Crippen LogP contribution in [0.4, 0.5) is 10.8 Å². The molecule has 6 rings (SSSR count). The molecule has 1 atom stereocenters. The van der Waals surface area contributed by atoms with Gasteiger partial charge >= 0.3 is 0 Å². The maximum atomic E-state index is 13.6. The molecule has 7 nitrogen and oxygen atoms in total. The van der Waals surface area contributed by atoms with E-state index >= 15 is 0 Å². The fourth-order valence-corrected chi connectivity index (χ4v) is 6.96. The zero-order valence-corrected chi connectivity index (χ0v) is 27.3. The Morgan fingerprint density at radius 3 is 2.09 bits per heavy atom. The number of hydrogen-bond donors (Lipinski definition) is 3. The number of hydrogen-bond acceptors (Lipinski definition) is 7. The molecule has 10 heteroatoms. The topological polar surface area (TPSA) is 100 Å². The van der Waals surface area contributed by atoms with Gasteiger partial charge < -0.3 is 16.0 Å². The minimum absolute atomic E-state index is 0.123. The average molecular weight is 673 g/mol. The predicted octanol–water partition coefficient (Wildman–Crippen LogP) is 8.75. The molecule has 47 heavy (non-hydrogen) atoms. The fraction of sp³-hybridized carbons (Fsp3) is 0.0270. The molecule has 0 aliphatic carbocycles. The highest BCUT2D eigenvalue weighted by Crippen LogP contribution is 2.37. The zero-order valence-electron chi connectivity index (χ0n) is 24.8. The van der Waals surface area contributed by atoms with Crippen LogP contribution in [0.3, 0.4) is 0 Å². The van der Waals surface area contributed by atoms with Crippen molar-refractivity contribution >= 4 is 69.1 Å². The molecule has 0 aliphatic heterocycles. The van der Waals surface area contributed by atoms with E-state index in [9.17, 15) is 14.4 Å². The Morgan fingerprint density at radius 2 is 1.40 bits per heavy atom. The molecular formula is C37H28N4O3S3. The first kappa shape index (κ1) is 31.7. The summed E-state index contributed by atoms with van der Waals surface area (Å²) in [6, 6.07) is 39.1. The molecule has 0 spiro atoms. The first-order valence-corrected chi connectivity index (χ1v) is 17.2. The second-order valence-corrected chi connectivity index (χ2v) is 13.2. The van der Waals surface area contributed by atoms with Crippen LogP contribution in [0.5, 0.6) is 0 Å². The molecule has 0 fully saturated rings. The van der Waals surface area contributed by atoms with Gasteiger partial charge in [-0.3, -0.25) is 14.4 Å². The molecule has 4 aromatic carbocycles. The van der Waals surface area contributed by atoms with Crippen molar-refractivity contribution in [1.29, 1.82) is 0 Å². The highest BCUT2D eigenvalue weighted by Gasteiger charge is 2.23. The number of anilines is 2. The van der Waals surface area contributed by atoms with Gasteiger partial charge in [-0.1, -0.05) is 84.9 Å². The van der Waals surface area contributed by atoms with Crippen molar-refractivity contribution < 1.29 is 14.4 Å². The molecule has 0 saturated heterocycles. The van der Waals surface area contributed by atoms with Gasteiger partial charge in [0.05, 0.1) is 5.69 Å². The molecule has 1 unspecified atom stereocenters. The maximum absolute atomic E-state index is 13.6. The Bertz CT molecular complexity index is 1980. The van der Waals surface area contributed by atoms with Crippen molar-refractivity contribution in [3.8, 4) is 11.3 Å². The number of thiophene rings is 1. The summed E-state index contributed by atoms with van der Waals surface area (Å²) in [5, 5.41) is 12.4. The standard InChI is InChI=1S/C37H28N4O3S3/c42-34(27-15-8-3-9-16-27)39-31(23-30-17-10-22-45-30)35(43)38-28-18-20-29(21-19-28)47-33(26-13-6-2-7-14-26)36(44)41-37-40-32(24-46-37)25-11-4-1-5-12-25/h1-24,33H,(H,38,43)(H,39,42)(H,40,41,44)/b31-23-. The Labute approximate surface area is 284 Å². The second-order valence-electron chi connectivity index (χ2n) is 10.2. The lowest BCUT2D eigenvalue weighted by atomic mass is 10.1. The number of thiazole rings is 1. The van der Waals surface area contributed by atoms with Crippen LogP contribution in [0.2, 0.25) is 0 Å². The van der Waals surface area contributed by atoms with Crippen molar-refractivity contribution in [2.75, 3.05) is 10.6 Å². The van der Waals surface area contributed by atoms with Gasteiger partial charge in [-0.25, -0.2) is 4.98 Å². The normalized spacial score (nSPS) is 11.8. The number of amides is 3. The first-order valence-electron chi connectivity index (χ1n) is 14.6. The van der Waals surface area contributed by atoms with E-state index in [0.29, 0.717) is 16.4 Å². The number of rotatable bonds is 11. The average Bonchev–Trinajstić information content (AvgIpc) is 3.81. The number of nitrogens with zero attached hydrogens (tertiary/aromatic N) is 1. The number of benzene rings is 4. The molecule has 3 amide bonds. The number of thioether (sulfide) groups is 1. The summed E-state index contributed by atoms with van der Waals surface area (Å²) in [5.74, 6) is -1.03. The lowest BCUT2D eigenvalue weighted by Gasteiger charge is -2.17. The molecule has 2 heterocycles. The Balaban J connectivity index is 1.15. The summed E-state index contributed by atoms with van der Waals surface area (Å²) in [7, 11) is 0. The van der Waals surface area contributed by atoms with Crippen molar-refractivity contribution in [3.05, 3.63) is 160 Å². The van der Waals surface area contributed by atoms with Gasteiger partial charge in [-0.05, 0) is 59.5 Å². The van der Waals surface area contributed by atoms with E-state index in [1.54, 1.807) is 42.5 Å². The van der Waals surface area contributed by atoms with Crippen LogP contribution >= 0.6 is 34.4 Å². The molecule has 6 aromatic rings. The van der Waals surface area contributed by atoms with Crippen LogP contribution in [0, 0.1) is 0 Å². The highest BCUT2D eigenvalue weighted by molar-refractivity contribution is 8.00. The minimum atomic E-state index is -0.547. The quantitative estimate of drug-likeness (QED) is 0.0944. The van der Waals surface area contributed by atoms with E-state index in [0.717, 1.165) is 26.6 Å². The van der Waals surface area contributed by atoms with Crippen LogP contribution in [0.25, 0.3) is 17.3 Å². The van der Waals surface area contributed by atoms with Crippen LogP contribution < -0.4 is 16.0 Å². The lowest BCUT2D eigenvalue weighted by molar-refractivity contribution is -0.116. The number of nitrogens with one attached hydrogen (secondary N) is 3. The van der Waals surface area contributed by atoms with Gasteiger partial charge in [0.1, 0.15) is 10.9 Å². The van der Waals surface area contributed by atoms with E-state index in [2.05, 4.69) is 20.9 Å². The second kappa shape index (κ2) is 15.3. The molecule has 2 aromatic heterocycles. The summed E-state index contributed by atoms with van der Waals surface area (Å²) in [5.41, 5.74) is 3.76. The predicted molar refractivity (Wildman–Crippen MR) is 192 cm³/mol. The summed E-state index contributed by atoms with van der Waals surface area (Å²) in [4.78, 5) is 46.1. The number of aromatic nitrogens is 1. The summed E-state index contributed by atoms with van der Waals surface area (Å²) in [6.45, 7) is 0. The fourth-order valence-electron chi connectivity index (χ4n) is 4.55. The Morgan fingerprint density at radius 1 is 0.723 bits per heavy atom. The van der Waals surface area contributed by atoms with E-state index in [4.69, 9.17) is 0 Å². The molecule has 0 bridgehead atoms. The van der Waals surface area contributed by atoms with Gasteiger partial charge in [0.25, 0.3) is 11.8 Å². The summed E-state index contributed by atoms with van der Waals surface area (Å²) >= 11 is 4.24. The molecule has 3 N–H and O–H groups in total. The molecule has 0 radical (unpaired) electrons. The third kappa shape index (κ3) is 8.50. The van der Waals surface area contributed by atoms with Crippen molar-refractivity contribution in [2.45, 2.75) is 10.1 Å². The van der Waals surface area contributed by atoms with Gasteiger partial charge in [0.2, 0.25) is 5.91 Å². The minimum Gasteiger partial charge on any atom is -0.321 e. The van der Waals surface area contributed by atoms with Crippen molar-refractivity contribution in [1.82, 2.24) is 10.3 Å². The SMILES string of the molecule is O=C(Nc1ccc(SC(C(=O)Nc2nc(-c3ccccc3)cs2)c2ccccc2)cc1)/C(=C/c1cccs1)NC(=O)c1ccccc1. The van der Waals surface area contributed by atoms with Crippen molar-refractivity contribution in [2.24, 2.45) is 0 Å². The molecular weight excluding hydrogens is 645 g/mol. The van der Waals surface area contributed by atoms with Gasteiger partial charge in [0.15, 0.2) is 5.13 Å². The number of carbonyl (C=O) groups is 3. The van der Waals surface area contributed by atoms with E-state index in [-0.39, 0.29) is 17.5 Å². The van der Waals surface area contributed by atoms with Gasteiger partial charge in [-0.2, -0.15) is 0 Å². The third-order valence-corrected chi connectivity index (χ3v) is 9.71. The van der Waals surface area contributed by atoms with E-state index in [1.165, 1.54) is 34.4 Å². The van der Waals surface area contributed by atoms with Gasteiger partial charge in [0, 0.05) is 32.0 Å². The summed E-state index contributed by atoms with van der Waals surface area (Å²) < 4.78 is 0. The van der Waals surface area contributed by atoms with Crippen LogP contribution in [-0.4, -0.2) is 22.7 Å². The van der Waals surface area contributed by atoms with Gasteiger partial charge in [-0.15, -0.1) is 34.4 Å². The monoisotopic (exact) mass is 672 g/mol. The molecule has 232 valence electrons. The zero-order chi connectivity index (χ0) is 32.4. The first-order chi connectivity index (χ1) is 23.0. The Kier molecular flexibility index (Phi) is 10.3. The molecule has 0 aliphatic rings. The Hall–Kier alpha value is -5.29. The van der Waals surface area contributed by atoms with E-state index in [1.807, 2.05) is 102 Å². The van der Waals surface area contributed by atoms with Crippen LogP contribution in [-0.2, 0) is 9.59 Å². The van der Waals surface area contributed by atoms with Crippen LogP contribution in [0.15, 0.2) is 149 Å². The maximum Gasteiger partial charge on any atom is 0.272 e. The smallest absolute Gasteiger partial charge is 0.272 e. The molecule has 0 saturated carbocycles. The third-order valence-electron chi connectivity index (χ3n) is 6.87. The van der Waals surface area contributed by atoms with Crippen LogP contribution in [0.1, 0.15) is 26.0 Å². The lowest BCUT2D eigenvalue weighted by Crippen LogP contribution is -2.30. The highest BCUT2D eigenvalue weighted by atomic mass is 32.2.